The zero-order chi connectivity index (χ0) is 14.4. The van der Waals surface area contributed by atoms with Gasteiger partial charge < -0.3 is 19.2 Å². The molecule has 0 saturated carbocycles. The summed E-state index contributed by atoms with van der Waals surface area (Å²) in [6, 6.07) is 3.38. The van der Waals surface area contributed by atoms with E-state index < -0.39 is 0 Å². The van der Waals surface area contributed by atoms with Crippen molar-refractivity contribution in [2.75, 3.05) is 26.9 Å². The molecule has 1 heterocycles. The maximum Gasteiger partial charge on any atom is 0.258 e. The van der Waals surface area contributed by atoms with Gasteiger partial charge in [0.15, 0.2) is 11.5 Å². The Balaban J connectivity index is 2.38. The van der Waals surface area contributed by atoms with Crippen molar-refractivity contribution in [2.45, 2.75) is 13.3 Å². The zero-order valence-corrected chi connectivity index (χ0v) is 11.6. The summed E-state index contributed by atoms with van der Waals surface area (Å²) in [7, 11) is 1.61. The number of methoxy groups -OCH3 is 1. The summed E-state index contributed by atoms with van der Waals surface area (Å²) in [6.45, 7) is 3.47. The van der Waals surface area contributed by atoms with Crippen LogP contribution in [0.1, 0.15) is 13.3 Å². The molecule has 108 valence electrons. The molecule has 1 aromatic carbocycles. The summed E-state index contributed by atoms with van der Waals surface area (Å²) in [6.07, 6.45) is 2.25. The Labute approximate surface area is 116 Å². The van der Waals surface area contributed by atoms with Gasteiger partial charge in [-0.3, -0.25) is 4.79 Å². The van der Waals surface area contributed by atoms with E-state index in [1.54, 1.807) is 19.2 Å². The number of aromatic nitrogens is 2. The fourth-order valence-corrected chi connectivity index (χ4v) is 1.75. The van der Waals surface area contributed by atoms with Crippen LogP contribution >= 0.6 is 0 Å². The molecule has 2 aromatic rings. The van der Waals surface area contributed by atoms with Crippen molar-refractivity contribution >= 4 is 10.9 Å². The van der Waals surface area contributed by atoms with Gasteiger partial charge in [-0.05, 0) is 12.5 Å². The monoisotopic (exact) mass is 278 g/mol. The molecule has 0 fully saturated rings. The van der Waals surface area contributed by atoms with E-state index >= 15 is 0 Å². The van der Waals surface area contributed by atoms with Crippen LogP contribution in [0.4, 0.5) is 0 Å². The summed E-state index contributed by atoms with van der Waals surface area (Å²) >= 11 is 0. The number of nitrogens with zero attached hydrogens (tertiary/aromatic N) is 1. The second-order valence-electron chi connectivity index (χ2n) is 4.24. The molecule has 0 unspecified atom stereocenters. The van der Waals surface area contributed by atoms with Crippen LogP contribution in [0, 0.1) is 0 Å². The van der Waals surface area contributed by atoms with Crippen LogP contribution < -0.4 is 15.0 Å². The molecule has 0 aliphatic carbocycles. The second kappa shape index (κ2) is 6.91. The molecule has 0 bridgehead atoms. The molecule has 0 atom stereocenters. The molecule has 2 rings (SSSR count). The minimum atomic E-state index is -0.195. The van der Waals surface area contributed by atoms with E-state index in [0.29, 0.717) is 42.2 Å². The first kappa shape index (κ1) is 14.3. The standard InChI is InChI=1S/C14H18N2O4/c1-3-4-19-12-7-10-11(15-9-16-14(10)17)8-13(12)20-6-5-18-2/h7-9H,3-6H2,1-2H3,(H,15,16,17). The van der Waals surface area contributed by atoms with E-state index in [4.69, 9.17) is 14.2 Å². The van der Waals surface area contributed by atoms with Crippen LogP contribution in [0.3, 0.4) is 0 Å². The molecule has 6 heteroatoms. The number of benzene rings is 1. The van der Waals surface area contributed by atoms with Gasteiger partial charge in [-0.2, -0.15) is 0 Å². The lowest BCUT2D eigenvalue weighted by atomic mass is 10.2. The maximum absolute atomic E-state index is 11.8. The summed E-state index contributed by atoms with van der Waals surface area (Å²) in [4.78, 5) is 18.4. The van der Waals surface area contributed by atoms with Crippen LogP contribution in [0.25, 0.3) is 10.9 Å². The smallest absolute Gasteiger partial charge is 0.258 e. The first-order valence-electron chi connectivity index (χ1n) is 6.52. The molecule has 0 aliphatic heterocycles. The van der Waals surface area contributed by atoms with E-state index in [-0.39, 0.29) is 5.56 Å². The number of ether oxygens (including phenoxy) is 3. The molecule has 1 aromatic heterocycles. The summed E-state index contributed by atoms with van der Waals surface area (Å²) in [5.74, 6) is 1.12. The summed E-state index contributed by atoms with van der Waals surface area (Å²) in [5, 5.41) is 0.484. The topological polar surface area (TPSA) is 73.4 Å². The fourth-order valence-electron chi connectivity index (χ4n) is 1.75. The predicted molar refractivity (Wildman–Crippen MR) is 75.5 cm³/mol. The van der Waals surface area contributed by atoms with Crippen molar-refractivity contribution in [3.05, 3.63) is 28.8 Å². The highest BCUT2D eigenvalue weighted by Gasteiger charge is 2.10. The summed E-state index contributed by atoms with van der Waals surface area (Å²) < 4.78 is 16.2. The highest BCUT2D eigenvalue weighted by atomic mass is 16.5. The lowest BCUT2D eigenvalue weighted by Crippen LogP contribution is -2.09. The van der Waals surface area contributed by atoms with Gasteiger partial charge in [-0.25, -0.2) is 4.98 Å². The van der Waals surface area contributed by atoms with E-state index in [1.807, 2.05) is 6.92 Å². The lowest BCUT2D eigenvalue weighted by molar-refractivity contribution is 0.143. The van der Waals surface area contributed by atoms with Crippen LogP contribution in [-0.2, 0) is 4.74 Å². The van der Waals surface area contributed by atoms with Crippen molar-refractivity contribution in [3.63, 3.8) is 0 Å². The van der Waals surface area contributed by atoms with Gasteiger partial charge in [0, 0.05) is 13.2 Å². The number of rotatable bonds is 7. The number of fused-ring (bicyclic) bond motifs is 1. The number of hydrogen-bond acceptors (Lipinski definition) is 5. The number of nitrogens with one attached hydrogen (secondary N) is 1. The SMILES string of the molecule is CCCOc1cc2c(=O)[nH]cnc2cc1OCCOC. The minimum absolute atomic E-state index is 0.195. The van der Waals surface area contributed by atoms with Crippen LogP contribution in [0.2, 0.25) is 0 Å². The Morgan fingerprint density at radius 2 is 1.90 bits per heavy atom. The largest absolute Gasteiger partial charge is 0.490 e. The van der Waals surface area contributed by atoms with Crippen molar-refractivity contribution in [2.24, 2.45) is 0 Å². The first-order chi connectivity index (χ1) is 9.76. The Kier molecular flexibility index (Phi) is 4.95. The van der Waals surface area contributed by atoms with Crippen molar-refractivity contribution in [1.29, 1.82) is 0 Å². The Bertz CT molecular complexity index is 624. The normalized spacial score (nSPS) is 10.7. The van der Waals surface area contributed by atoms with Crippen LogP contribution in [0.5, 0.6) is 11.5 Å². The van der Waals surface area contributed by atoms with Crippen molar-refractivity contribution in [1.82, 2.24) is 9.97 Å². The fraction of sp³-hybridized carbons (Fsp3) is 0.429. The van der Waals surface area contributed by atoms with E-state index in [2.05, 4.69) is 9.97 Å². The predicted octanol–water partition coefficient (Wildman–Crippen LogP) is 1.74. The molecular weight excluding hydrogens is 260 g/mol. The minimum Gasteiger partial charge on any atom is -0.490 e. The third-order valence-corrected chi connectivity index (χ3v) is 2.71. The van der Waals surface area contributed by atoms with Gasteiger partial charge in [-0.1, -0.05) is 6.92 Å². The molecule has 0 amide bonds. The van der Waals surface area contributed by atoms with E-state index in [9.17, 15) is 4.79 Å². The lowest BCUT2D eigenvalue weighted by Gasteiger charge is -2.13. The number of aromatic amines is 1. The number of hydrogen-bond donors (Lipinski definition) is 1. The van der Waals surface area contributed by atoms with E-state index in [1.165, 1.54) is 6.33 Å². The highest BCUT2D eigenvalue weighted by Crippen LogP contribution is 2.30. The quantitative estimate of drug-likeness (QED) is 0.781. The van der Waals surface area contributed by atoms with Crippen LogP contribution in [-0.4, -0.2) is 36.9 Å². The van der Waals surface area contributed by atoms with Gasteiger partial charge in [0.2, 0.25) is 0 Å². The average Bonchev–Trinajstić information content (AvgIpc) is 2.46. The van der Waals surface area contributed by atoms with Gasteiger partial charge in [0.25, 0.3) is 5.56 Å². The molecule has 0 saturated heterocycles. The average molecular weight is 278 g/mol. The van der Waals surface area contributed by atoms with Crippen LogP contribution in [0.15, 0.2) is 23.3 Å². The first-order valence-corrected chi connectivity index (χ1v) is 6.52. The Morgan fingerprint density at radius 1 is 1.15 bits per heavy atom. The van der Waals surface area contributed by atoms with Gasteiger partial charge in [0.1, 0.15) is 6.61 Å². The highest BCUT2D eigenvalue weighted by molar-refractivity contribution is 5.81. The van der Waals surface area contributed by atoms with Gasteiger partial charge >= 0.3 is 0 Å². The summed E-state index contributed by atoms with van der Waals surface area (Å²) in [5.41, 5.74) is 0.379. The van der Waals surface area contributed by atoms with Gasteiger partial charge in [0.05, 0.1) is 30.4 Å². The van der Waals surface area contributed by atoms with Crippen molar-refractivity contribution in [3.8, 4) is 11.5 Å². The molecule has 0 aliphatic rings. The van der Waals surface area contributed by atoms with Gasteiger partial charge in [-0.15, -0.1) is 0 Å². The molecule has 20 heavy (non-hydrogen) atoms. The Hall–Kier alpha value is -2.08. The Morgan fingerprint density at radius 3 is 2.65 bits per heavy atom. The molecule has 1 N–H and O–H groups in total. The molecule has 0 radical (unpaired) electrons. The third-order valence-electron chi connectivity index (χ3n) is 2.71. The zero-order valence-electron chi connectivity index (χ0n) is 11.6. The second-order valence-corrected chi connectivity index (χ2v) is 4.24. The molecule has 0 spiro atoms. The third kappa shape index (κ3) is 3.27. The van der Waals surface area contributed by atoms with Crippen molar-refractivity contribution < 1.29 is 14.2 Å². The molecule has 6 nitrogen and oxygen atoms in total. The molecular formula is C14H18N2O4. The number of H-pyrrole nitrogens is 1. The maximum atomic E-state index is 11.8. The van der Waals surface area contributed by atoms with E-state index in [0.717, 1.165) is 6.42 Å².